The first-order valence-corrected chi connectivity index (χ1v) is 7.96. The maximum Gasteiger partial charge on any atom is 0.226 e. The third-order valence-corrected chi connectivity index (χ3v) is 4.66. The summed E-state index contributed by atoms with van der Waals surface area (Å²) < 4.78 is 0. The molecule has 114 valence electrons. The highest BCUT2D eigenvalue weighted by Gasteiger charge is 2.33. The van der Waals surface area contributed by atoms with Crippen LogP contribution < -0.4 is 0 Å². The number of aromatic amines is 1. The van der Waals surface area contributed by atoms with Crippen LogP contribution >= 0.6 is 0 Å². The maximum absolute atomic E-state index is 12.7. The Balaban J connectivity index is 1.70. The molecule has 1 saturated heterocycles. The Morgan fingerprint density at radius 3 is 3.00 bits per heavy atom. The first-order valence-electron chi connectivity index (χ1n) is 7.96. The van der Waals surface area contributed by atoms with E-state index in [4.69, 9.17) is 0 Å². The van der Waals surface area contributed by atoms with Crippen LogP contribution in [0, 0.1) is 5.92 Å². The minimum atomic E-state index is 0.181. The van der Waals surface area contributed by atoms with Crippen molar-refractivity contribution < 1.29 is 4.79 Å². The number of hydrogen-bond acceptors (Lipinski definition) is 3. The monoisotopic (exact) mass is 288 g/mol. The van der Waals surface area contributed by atoms with Gasteiger partial charge in [0.2, 0.25) is 5.91 Å². The molecule has 3 rings (SSSR count). The number of hydrogen-bond donors (Lipinski definition) is 1. The molecule has 21 heavy (non-hydrogen) atoms. The van der Waals surface area contributed by atoms with Gasteiger partial charge < -0.3 is 9.88 Å². The Hall–Kier alpha value is -1.62. The summed E-state index contributed by atoms with van der Waals surface area (Å²) in [6.07, 6.45) is 10.9. The number of imidazole rings is 1. The van der Waals surface area contributed by atoms with Crippen molar-refractivity contribution in [3.05, 3.63) is 30.4 Å². The van der Waals surface area contributed by atoms with Crippen LogP contribution in [-0.4, -0.2) is 51.9 Å². The van der Waals surface area contributed by atoms with Gasteiger partial charge in [0.15, 0.2) is 0 Å². The second-order valence-electron chi connectivity index (χ2n) is 5.88. The molecule has 5 heteroatoms. The summed E-state index contributed by atoms with van der Waals surface area (Å²) in [4.78, 5) is 24.7. The second-order valence-corrected chi connectivity index (χ2v) is 5.88. The third kappa shape index (κ3) is 3.02. The summed E-state index contributed by atoms with van der Waals surface area (Å²) in [6.45, 7) is 5.67. The molecule has 5 nitrogen and oxygen atoms in total. The lowest BCUT2D eigenvalue weighted by molar-refractivity contribution is -0.139. The Labute approximate surface area is 126 Å². The zero-order chi connectivity index (χ0) is 14.7. The zero-order valence-electron chi connectivity index (χ0n) is 12.7. The summed E-state index contributed by atoms with van der Waals surface area (Å²) >= 11 is 0. The number of amides is 1. The summed E-state index contributed by atoms with van der Waals surface area (Å²) in [6, 6.07) is 0.196. The predicted octanol–water partition coefficient (Wildman–Crippen LogP) is 1.97. The Bertz CT molecular complexity index is 496. The molecule has 1 aromatic heterocycles. The Morgan fingerprint density at radius 1 is 1.43 bits per heavy atom. The number of H-pyrrole nitrogens is 1. The van der Waals surface area contributed by atoms with Crippen LogP contribution in [0.25, 0.3) is 0 Å². The molecule has 0 aromatic carbocycles. The number of nitrogens with one attached hydrogen (secondary N) is 1. The number of piperazine rings is 1. The van der Waals surface area contributed by atoms with E-state index in [0.29, 0.717) is 5.91 Å². The fourth-order valence-corrected chi connectivity index (χ4v) is 3.39. The van der Waals surface area contributed by atoms with Crippen LogP contribution in [0.3, 0.4) is 0 Å². The number of rotatable bonds is 3. The maximum atomic E-state index is 12.7. The standard InChI is InChI=1S/C16H24N4O/c1-2-19-10-11-20(12-14(19)15-17-8-9-18-15)16(21)13-6-4-3-5-7-13/h3-4,8-9,13-14H,2,5-7,10-12H2,1H3,(H,17,18)/t13-,14+/m1/s1. The topological polar surface area (TPSA) is 52.2 Å². The van der Waals surface area contributed by atoms with Crippen molar-refractivity contribution in [3.8, 4) is 0 Å². The SMILES string of the molecule is CCN1CCN(C(=O)[C@@H]2CC=CCC2)C[C@H]1c1ncc[nH]1. The summed E-state index contributed by atoms with van der Waals surface area (Å²) in [7, 11) is 0. The van der Waals surface area contributed by atoms with E-state index >= 15 is 0 Å². The molecular weight excluding hydrogens is 264 g/mol. The van der Waals surface area contributed by atoms with E-state index in [2.05, 4.69) is 33.9 Å². The van der Waals surface area contributed by atoms with Gasteiger partial charge in [-0.05, 0) is 25.8 Å². The van der Waals surface area contributed by atoms with E-state index in [9.17, 15) is 4.79 Å². The van der Waals surface area contributed by atoms with Gasteiger partial charge in [-0.2, -0.15) is 0 Å². The van der Waals surface area contributed by atoms with E-state index in [1.807, 2.05) is 11.1 Å². The quantitative estimate of drug-likeness (QED) is 0.865. The Kier molecular flexibility index (Phi) is 4.39. The molecule has 0 spiro atoms. The number of carbonyl (C=O) groups is 1. The van der Waals surface area contributed by atoms with Gasteiger partial charge in [-0.3, -0.25) is 9.69 Å². The van der Waals surface area contributed by atoms with Gasteiger partial charge in [0.25, 0.3) is 0 Å². The van der Waals surface area contributed by atoms with Crippen molar-refractivity contribution >= 4 is 5.91 Å². The van der Waals surface area contributed by atoms with E-state index in [1.165, 1.54) is 0 Å². The molecule has 1 aliphatic carbocycles. The average molecular weight is 288 g/mol. The van der Waals surface area contributed by atoms with Crippen molar-refractivity contribution in [2.45, 2.75) is 32.2 Å². The molecule has 2 atom stereocenters. The molecule has 2 aliphatic rings. The van der Waals surface area contributed by atoms with Crippen LogP contribution in [0.1, 0.15) is 38.1 Å². The van der Waals surface area contributed by atoms with Crippen molar-refractivity contribution in [3.63, 3.8) is 0 Å². The van der Waals surface area contributed by atoms with Crippen LogP contribution in [0.2, 0.25) is 0 Å². The molecule has 1 fully saturated rings. The fraction of sp³-hybridized carbons (Fsp3) is 0.625. The molecule has 0 radical (unpaired) electrons. The van der Waals surface area contributed by atoms with Gasteiger partial charge >= 0.3 is 0 Å². The first-order chi connectivity index (χ1) is 10.3. The molecule has 1 aromatic rings. The minimum absolute atomic E-state index is 0.181. The van der Waals surface area contributed by atoms with Crippen LogP contribution in [0.5, 0.6) is 0 Å². The third-order valence-electron chi connectivity index (χ3n) is 4.66. The number of aromatic nitrogens is 2. The lowest BCUT2D eigenvalue weighted by atomic mass is 9.92. The largest absolute Gasteiger partial charge is 0.347 e. The zero-order valence-corrected chi connectivity index (χ0v) is 12.7. The number of allylic oxidation sites excluding steroid dienone is 2. The van der Waals surface area contributed by atoms with Crippen LogP contribution in [0.4, 0.5) is 0 Å². The van der Waals surface area contributed by atoms with Gasteiger partial charge in [0.05, 0.1) is 6.04 Å². The highest BCUT2D eigenvalue weighted by atomic mass is 16.2. The normalized spacial score (nSPS) is 27.0. The number of carbonyl (C=O) groups excluding carboxylic acids is 1. The smallest absolute Gasteiger partial charge is 0.226 e. The van der Waals surface area contributed by atoms with E-state index in [0.717, 1.165) is 51.3 Å². The molecule has 0 unspecified atom stereocenters. The number of likely N-dealkylation sites (N-methyl/N-ethyl adjacent to an activating group) is 1. The van der Waals surface area contributed by atoms with Crippen molar-refractivity contribution in [2.24, 2.45) is 5.92 Å². The number of nitrogens with zero attached hydrogens (tertiary/aromatic N) is 3. The lowest BCUT2D eigenvalue weighted by Gasteiger charge is -2.41. The molecule has 1 N–H and O–H groups in total. The van der Waals surface area contributed by atoms with Crippen molar-refractivity contribution in [1.82, 2.24) is 19.8 Å². The molecule has 2 heterocycles. The van der Waals surface area contributed by atoms with E-state index in [1.54, 1.807) is 6.20 Å². The van der Waals surface area contributed by atoms with Gasteiger partial charge in [-0.15, -0.1) is 0 Å². The highest BCUT2D eigenvalue weighted by Crippen LogP contribution is 2.26. The lowest BCUT2D eigenvalue weighted by Crippen LogP contribution is -2.52. The summed E-state index contributed by atoms with van der Waals surface area (Å²) in [5.41, 5.74) is 0. The highest BCUT2D eigenvalue weighted by molar-refractivity contribution is 5.79. The summed E-state index contributed by atoms with van der Waals surface area (Å²) in [5.74, 6) is 1.48. The Morgan fingerprint density at radius 2 is 2.33 bits per heavy atom. The van der Waals surface area contributed by atoms with Gasteiger partial charge in [0.1, 0.15) is 5.82 Å². The molecule has 0 saturated carbocycles. The van der Waals surface area contributed by atoms with Gasteiger partial charge in [-0.1, -0.05) is 19.1 Å². The van der Waals surface area contributed by atoms with Crippen molar-refractivity contribution in [1.29, 1.82) is 0 Å². The van der Waals surface area contributed by atoms with E-state index < -0.39 is 0 Å². The average Bonchev–Trinajstić information content (AvgIpc) is 3.08. The molecule has 1 aliphatic heterocycles. The van der Waals surface area contributed by atoms with Crippen molar-refractivity contribution in [2.75, 3.05) is 26.2 Å². The summed E-state index contributed by atoms with van der Waals surface area (Å²) in [5, 5.41) is 0. The molecule has 1 amide bonds. The molecule has 0 bridgehead atoms. The van der Waals surface area contributed by atoms with E-state index in [-0.39, 0.29) is 12.0 Å². The van der Waals surface area contributed by atoms with Gasteiger partial charge in [-0.25, -0.2) is 4.98 Å². The molecular formula is C16H24N4O. The van der Waals surface area contributed by atoms with Gasteiger partial charge in [0, 0.05) is 37.9 Å². The second kappa shape index (κ2) is 6.43. The minimum Gasteiger partial charge on any atom is -0.347 e. The predicted molar refractivity (Wildman–Crippen MR) is 81.6 cm³/mol. The van der Waals surface area contributed by atoms with Crippen LogP contribution in [-0.2, 0) is 4.79 Å². The fourth-order valence-electron chi connectivity index (χ4n) is 3.39. The van der Waals surface area contributed by atoms with Crippen LogP contribution in [0.15, 0.2) is 24.5 Å². The first kappa shape index (κ1) is 14.3.